The Morgan fingerprint density at radius 2 is 1.59 bits per heavy atom. The highest BCUT2D eigenvalue weighted by Crippen LogP contribution is 2.52. The second-order valence-electron chi connectivity index (χ2n) is 12.7. The molecule has 3 saturated carbocycles. The van der Waals surface area contributed by atoms with Gasteiger partial charge in [0.1, 0.15) is 0 Å². The summed E-state index contributed by atoms with van der Waals surface area (Å²) in [5.41, 5.74) is 0. The average molecular weight is 461 g/mol. The first-order chi connectivity index (χ1) is 15.6. The molecule has 4 heteroatoms. The molecule has 0 aromatic carbocycles. The van der Waals surface area contributed by atoms with E-state index < -0.39 is 0 Å². The summed E-state index contributed by atoms with van der Waals surface area (Å²) >= 11 is 2.19. The molecule has 182 valence electrons. The maximum absolute atomic E-state index is 6.71. The standard InChI is InChI=1S/C28H48N2OS/c1-18(14-22-7-6-21-8-12-25(22)28(21)32-3)30-17-24-11-13-26(30)27(31-24)15-19(2)29-16-20-4-9-23(29)10-5-20/h18-28H,4-17H2,1-3H3. The summed E-state index contributed by atoms with van der Waals surface area (Å²) in [6, 6.07) is 2.98. The van der Waals surface area contributed by atoms with Crippen LogP contribution in [0.15, 0.2) is 0 Å². The third-order valence-electron chi connectivity index (χ3n) is 11.1. The van der Waals surface area contributed by atoms with Crippen LogP contribution in [0.4, 0.5) is 0 Å². The minimum Gasteiger partial charge on any atom is -0.372 e. The second kappa shape index (κ2) is 9.36. The Labute approximate surface area is 201 Å². The van der Waals surface area contributed by atoms with E-state index >= 15 is 0 Å². The Kier molecular flexibility index (Phi) is 6.63. The van der Waals surface area contributed by atoms with Crippen molar-refractivity contribution in [3.63, 3.8) is 0 Å². The van der Waals surface area contributed by atoms with Crippen LogP contribution in [0, 0.1) is 23.7 Å². The quantitative estimate of drug-likeness (QED) is 0.476. The van der Waals surface area contributed by atoms with Gasteiger partial charge in [-0.25, -0.2) is 0 Å². The van der Waals surface area contributed by atoms with Gasteiger partial charge >= 0.3 is 0 Å². The first kappa shape index (κ1) is 22.7. The van der Waals surface area contributed by atoms with Crippen LogP contribution in [-0.4, -0.2) is 70.8 Å². The molecule has 0 N–H and O–H groups in total. The first-order valence-electron chi connectivity index (χ1n) is 14.3. The van der Waals surface area contributed by atoms with E-state index in [0.717, 1.165) is 41.0 Å². The number of hydrogen-bond acceptors (Lipinski definition) is 4. The molecule has 0 aromatic heterocycles. The van der Waals surface area contributed by atoms with Crippen molar-refractivity contribution < 1.29 is 4.74 Å². The number of hydrogen-bond donors (Lipinski definition) is 0. The highest BCUT2D eigenvalue weighted by atomic mass is 32.2. The van der Waals surface area contributed by atoms with Crippen molar-refractivity contribution in [3.05, 3.63) is 0 Å². The third-order valence-corrected chi connectivity index (χ3v) is 12.3. The van der Waals surface area contributed by atoms with Crippen molar-refractivity contribution in [2.75, 3.05) is 19.3 Å². The minimum atomic E-state index is 0.474. The summed E-state index contributed by atoms with van der Waals surface area (Å²) in [5, 5.41) is 0.968. The van der Waals surface area contributed by atoms with Crippen LogP contribution in [0.2, 0.25) is 0 Å². The topological polar surface area (TPSA) is 15.7 Å². The maximum atomic E-state index is 6.71. The van der Waals surface area contributed by atoms with E-state index in [4.69, 9.17) is 4.74 Å². The summed E-state index contributed by atoms with van der Waals surface area (Å²) in [6.45, 7) is 7.66. The van der Waals surface area contributed by atoms with Gasteiger partial charge in [-0.3, -0.25) is 9.80 Å². The molecule has 8 fully saturated rings. The van der Waals surface area contributed by atoms with Gasteiger partial charge < -0.3 is 4.74 Å². The lowest BCUT2D eigenvalue weighted by molar-refractivity contribution is -0.177. The van der Waals surface area contributed by atoms with Crippen molar-refractivity contribution in [2.24, 2.45) is 23.7 Å². The molecule has 9 unspecified atom stereocenters. The number of piperidine rings is 3. The molecule has 9 atom stereocenters. The molecule has 0 radical (unpaired) electrons. The van der Waals surface area contributed by atoms with Crippen molar-refractivity contribution >= 4 is 11.8 Å². The number of nitrogens with zero attached hydrogens (tertiary/aromatic N) is 2. The van der Waals surface area contributed by atoms with Crippen molar-refractivity contribution in [1.82, 2.24) is 9.80 Å². The molecule has 5 aliphatic heterocycles. The number of fused-ring (bicyclic) bond motifs is 8. The summed E-state index contributed by atoms with van der Waals surface area (Å²) in [7, 11) is 0. The van der Waals surface area contributed by atoms with Gasteiger partial charge in [-0.15, -0.1) is 0 Å². The normalized spacial score (nSPS) is 48.3. The Morgan fingerprint density at radius 3 is 2.31 bits per heavy atom. The fraction of sp³-hybridized carbons (Fsp3) is 1.00. The fourth-order valence-corrected chi connectivity index (χ4v) is 10.8. The third kappa shape index (κ3) is 4.11. The zero-order valence-corrected chi connectivity index (χ0v) is 21.8. The van der Waals surface area contributed by atoms with Crippen molar-refractivity contribution in [3.8, 4) is 0 Å². The van der Waals surface area contributed by atoms with Crippen molar-refractivity contribution in [2.45, 2.75) is 133 Å². The van der Waals surface area contributed by atoms with E-state index in [1.165, 1.54) is 90.1 Å². The van der Waals surface area contributed by atoms with Gasteiger partial charge in [-0.2, -0.15) is 11.8 Å². The number of rotatable bonds is 7. The highest BCUT2D eigenvalue weighted by molar-refractivity contribution is 7.99. The van der Waals surface area contributed by atoms with Gasteiger partial charge in [0.05, 0.1) is 12.2 Å². The molecule has 6 bridgehead atoms. The Morgan fingerprint density at radius 1 is 0.812 bits per heavy atom. The molecule has 8 aliphatic rings. The molecule has 32 heavy (non-hydrogen) atoms. The second-order valence-corrected chi connectivity index (χ2v) is 13.7. The van der Waals surface area contributed by atoms with E-state index in [9.17, 15) is 0 Å². The van der Waals surface area contributed by atoms with Gasteiger partial charge in [0, 0.05) is 42.5 Å². The van der Waals surface area contributed by atoms with E-state index in [0.29, 0.717) is 24.3 Å². The summed E-state index contributed by atoms with van der Waals surface area (Å²) in [5.74, 6) is 4.01. The molecule has 8 rings (SSSR count). The van der Waals surface area contributed by atoms with E-state index in [2.05, 4.69) is 41.7 Å². The van der Waals surface area contributed by atoms with Gasteiger partial charge in [-0.1, -0.05) is 0 Å². The van der Waals surface area contributed by atoms with Crippen LogP contribution in [0.25, 0.3) is 0 Å². The van der Waals surface area contributed by atoms with Crippen molar-refractivity contribution in [1.29, 1.82) is 0 Å². The van der Waals surface area contributed by atoms with E-state index in [1.807, 2.05) is 0 Å². The lowest BCUT2D eigenvalue weighted by Gasteiger charge is -2.54. The van der Waals surface area contributed by atoms with Crippen LogP contribution in [0.5, 0.6) is 0 Å². The smallest absolute Gasteiger partial charge is 0.0749 e. The van der Waals surface area contributed by atoms with Crippen LogP contribution in [-0.2, 0) is 4.74 Å². The van der Waals surface area contributed by atoms with Gasteiger partial charge in [0.15, 0.2) is 0 Å². The molecule has 5 saturated heterocycles. The lowest BCUT2D eigenvalue weighted by Crippen LogP contribution is -2.63. The van der Waals surface area contributed by atoms with Crippen LogP contribution < -0.4 is 0 Å². The molecule has 3 aliphatic carbocycles. The summed E-state index contributed by atoms with van der Waals surface area (Å²) in [6.07, 6.45) is 20.7. The largest absolute Gasteiger partial charge is 0.372 e. The van der Waals surface area contributed by atoms with Gasteiger partial charge in [-0.05, 0) is 121 Å². The molecular weight excluding hydrogens is 412 g/mol. The molecule has 0 amide bonds. The monoisotopic (exact) mass is 460 g/mol. The van der Waals surface area contributed by atoms with E-state index in [1.54, 1.807) is 0 Å². The zero-order valence-electron chi connectivity index (χ0n) is 21.0. The Bertz CT molecular complexity index is 651. The predicted octanol–water partition coefficient (Wildman–Crippen LogP) is 5.82. The summed E-state index contributed by atoms with van der Waals surface area (Å²) < 4.78 is 6.71. The molecule has 0 aromatic rings. The average Bonchev–Trinajstić information content (AvgIpc) is 3.14. The fourth-order valence-electron chi connectivity index (χ4n) is 9.44. The summed E-state index contributed by atoms with van der Waals surface area (Å²) in [4.78, 5) is 5.82. The van der Waals surface area contributed by atoms with Crippen LogP contribution in [0.1, 0.15) is 90.9 Å². The zero-order chi connectivity index (χ0) is 21.8. The molecule has 0 spiro atoms. The van der Waals surface area contributed by atoms with Crippen LogP contribution >= 0.6 is 11.8 Å². The predicted molar refractivity (Wildman–Crippen MR) is 135 cm³/mol. The number of ether oxygens (including phenoxy) is 1. The maximum Gasteiger partial charge on any atom is 0.0749 e. The van der Waals surface area contributed by atoms with Crippen LogP contribution in [0.3, 0.4) is 0 Å². The highest BCUT2D eigenvalue weighted by Gasteiger charge is 2.48. The van der Waals surface area contributed by atoms with E-state index in [-0.39, 0.29) is 0 Å². The number of thioether (sulfide) groups is 1. The molecule has 3 nitrogen and oxygen atoms in total. The van der Waals surface area contributed by atoms with Gasteiger partial charge in [0.2, 0.25) is 0 Å². The minimum absolute atomic E-state index is 0.474. The lowest BCUT2D eigenvalue weighted by atomic mass is 9.75. The molecular formula is C28H48N2OS. The Balaban J connectivity index is 1.09. The Hall–Kier alpha value is 0.230. The van der Waals surface area contributed by atoms with Gasteiger partial charge in [0.25, 0.3) is 0 Å². The number of morpholine rings is 1. The molecule has 5 heterocycles. The first-order valence-corrected chi connectivity index (χ1v) is 15.6. The SMILES string of the molecule is CSC1C2CCC(CC(C)N3CC4CCC3C(CC(C)N3CC5CCC3CC5)O4)C1CC2.